The van der Waals surface area contributed by atoms with Gasteiger partial charge in [-0.1, -0.05) is 42.4 Å². The zero-order valence-corrected chi connectivity index (χ0v) is 15.3. The minimum Gasteiger partial charge on any atom is -0.423 e. The van der Waals surface area contributed by atoms with Crippen molar-refractivity contribution in [2.75, 3.05) is 6.61 Å². The summed E-state index contributed by atoms with van der Waals surface area (Å²) in [7, 11) is 0. The van der Waals surface area contributed by atoms with Crippen molar-refractivity contribution < 1.29 is 9.84 Å². The van der Waals surface area contributed by atoms with Gasteiger partial charge in [-0.05, 0) is 46.7 Å². The first kappa shape index (κ1) is 19.8. The zero-order chi connectivity index (χ0) is 17.5. The number of hydrogen-bond donors (Lipinski definition) is 2. The topological polar surface area (TPSA) is 85.1 Å². The first-order chi connectivity index (χ1) is 12.3. The van der Waals surface area contributed by atoms with E-state index < -0.39 is 0 Å². The number of tetrazole rings is 1. The summed E-state index contributed by atoms with van der Waals surface area (Å²) >= 11 is 0. The molecule has 0 aliphatic carbocycles. The smallest absolute Gasteiger partial charge is 0.345 e. The highest BCUT2D eigenvalue weighted by atomic mass is 35.5. The summed E-state index contributed by atoms with van der Waals surface area (Å²) in [6.45, 7) is 2.81. The monoisotopic (exact) mass is 375 g/mol. The van der Waals surface area contributed by atoms with Crippen LogP contribution < -0.4 is 10.1 Å². The van der Waals surface area contributed by atoms with Crippen LogP contribution in [-0.4, -0.2) is 38.0 Å². The number of aliphatic hydroxyl groups is 1. The highest BCUT2D eigenvalue weighted by Gasteiger charge is 2.11. The van der Waals surface area contributed by atoms with E-state index in [2.05, 4.69) is 20.8 Å². The van der Waals surface area contributed by atoms with Crippen molar-refractivity contribution in [3.8, 4) is 17.4 Å². The van der Waals surface area contributed by atoms with Gasteiger partial charge in [0.1, 0.15) is 5.75 Å². The highest BCUT2D eigenvalue weighted by molar-refractivity contribution is 5.85. The average molecular weight is 376 g/mol. The van der Waals surface area contributed by atoms with Gasteiger partial charge in [-0.15, -0.1) is 12.4 Å². The predicted molar refractivity (Wildman–Crippen MR) is 101 cm³/mol. The van der Waals surface area contributed by atoms with Gasteiger partial charge < -0.3 is 15.2 Å². The first-order valence-electron chi connectivity index (χ1n) is 8.25. The summed E-state index contributed by atoms with van der Waals surface area (Å²) in [5.41, 5.74) is 1.89. The van der Waals surface area contributed by atoms with Crippen molar-refractivity contribution in [2.45, 2.75) is 25.9 Å². The Kier molecular flexibility index (Phi) is 7.53. The molecule has 0 fully saturated rings. The Balaban J connectivity index is 0.00000243. The molecule has 0 saturated heterocycles. The number of aliphatic hydroxyl groups excluding tert-OH is 1. The Labute approximate surface area is 158 Å². The molecular formula is C18H22ClN5O2. The van der Waals surface area contributed by atoms with Gasteiger partial charge in [0.2, 0.25) is 0 Å². The fourth-order valence-corrected chi connectivity index (χ4v) is 2.40. The maximum Gasteiger partial charge on any atom is 0.345 e. The van der Waals surface area contributed by atoms with Crippen LogP contribution in [0.3, 0.4) is 0 Å². The van der Waals surface area contributed by atoms with E-state index in [1.807, 2.05) is 61.5 Å². The predicted octanol–water partition coefficient (Wildman–Crippen LogP) is 2.74. The zero-order valence-electron chi connectivity index (χ0n) is 14.4. The SMILES string of the molecule is CCC(CO)NCc1cccc(Oc2nnnn2-c2ccccc2)c1.Cl. The van der Waals surface area contributed by atoms with Crippen LogP contribution in [-0.2, 0) is 6.54 Å². The number of nitrogens with zero attached hydrogens (tertiary/aromatic N) is 4. The Morgan fingerprint density at radius 3 is 2.69 bits per heavy atom. The van der Waals surface area contributed by atoms with E-state index in [0.717, 1.165) is 17.7 Å². The number of halogens is 1. The molecule has 0 aliphatic heterocycles. The number of benzene rings is 2. The standard InChI is InChI=1S/C18H21N5O2.ClH/c1-2-15(13-24)19-12-14-7-6-10-17(11-14)25-18-20-21-22-23(18)16-8-4-3-5-9-16;/h3-11,15,19,24H,2,12-13H2,1H3;1H. The lowest BCUT2D eigenvalue weighted by atomic mass is 10.2. The number of rotatable bonds is 8. The van der Waals surface area contributed by atoms with Gasteiger partial charge >= 0.3 is 6.01 Å². The molecule has 26 heavy (non-hydrogen) atoms. The van der Waals surface area contributed by atoms with Crippen molar-refractivity contribution in [2.24, 2.45) is 0 Å². The third kappa shape index (κ3) is 5.01. The third-order valence-corrected chi connectivity index (χ3v) is 3.86. The lowest BCUT2D eigenvalue weighted by Crippen LogP contribution is -2.31. The normalized spacial score (nSPS) is 11.6. The molecule has 0 radical (unpaired) electrons. The Hall–Kier alpha value is -2.48. The van der Waals surface area contributed by atoms with E-state index in [1.54, 1.807) is 4.68 Å². The molecule has 3 aromatic rings. The number of aromatic nitrogens is 4. The quantitative estimate of drug-likeness (QED) is 0.629. The van der Waals surface area contributed by atoms with Crippen molar-refractivity contribution >= 4 is 12.4 Å². The van der Waals surface area contributed by atoms with Crippen LogP contribution >= 0.6 is 12.4 Å². The third-order valence-electron chi connectivity index (χ3n) is 3.86. The molecule has 7 nitrogen and oxygen atoms in total. The van der Waals surface area contributed by atoms with E-state index in [-0.39, 0.29) is 25.1 Å². The highest BCUT2D eigenvalue weighted by Crippen LogP contribution is 2.22. The van der Waals surface area contributed by atoms with Crippen molar-refractivity contribution in [3.63, 3.8) is 0 Å². The van der Waals surface area contributed by atoms with E-state index >= 15 is 0 Å². The summed E-state index contributed by atoms with van der Waals surface area (Å²) in [4.78, 5) is 0. The van der Waals surface area contributed by atoms with Gasteiger partial charge in [-0.25, -0.2) is 0 Å². The fourth-order valence-electron chi connectivity index (χ4n) is 2.40. The van der Waals surface area contributed by atoms with Crippen LogP contribution in [0, 0.1) is 0 Å². The molecule has 2 N–H and O–H groups in total. The van der Waals surface area contributed by atoms with E-state index in [0.29, 0.717) is 18.3 Å². The second kappa shape index (κ2) is 9.86. The lowest BCUT2D eigenvalue weighted by molar-refractivity contribution is 0.238. The van der Waals surface area contributed by atoms with E-state index in [4.69, 9.17) is 4.74 Å². The molecule has 0 spiro atoms. The number of hydrogen-bond acceptors (Lipinski definition) is 6. The summed E-state index contributed by atoms with van der Waals surface area (Å²) in [5.74, 6) is 0.656. The molecule has 1 aromatic heterocycles. The number of nitrogens with one attached hydrogen (secondary N) is 1. The molecule has 1 unspecified atom stereocenters. The van der Waals surface area contributed by atoms with Crippen molar-refractivity contribution in [1.29, 1.82) is 0 Å². The minimum absolute atomic E-state index is 0. The minimum atomic E-state index is 0. The maximum absolute atomic E-state index is 9.26. The molecule has 2 aromatic carbocycles. The Morgan fingerprint density at radius 1 is 1.15 bits per heavy atom. The first-order valence-corrected chi connectivity index (χ1v) is 8.25. The molecule has 1 heterocycles. The molecule has 8 heteroatoms. The largest absolute Gasteiger partial charge is 0.423 e. The molecule has 0 amide bonds. The number of ether oxygens (including phenoxy) is 1. The molecule has 0 aliphatic rings. The summed E-state index contributed by atoms with van der Waals surface area (Å²) < 4.78 is 7.40. The van der Waals surface area contributed by atoms with Crippen LogP contribution in [0.1, 0.15) is 18.9 Å². The van der Waals surface area contributed by atoms with Crippen LogP contribution in [0.2, 0.25) is 0 Å². The van der Waals surface area contributed by atoms with Crippen molar-refractivity contribution in [3.05, 3.63) is 60.2 Å². The molecule has 138 valence electrons. The summed E-state index contributed by atoms with van der Waals surface area (Å²) in [5, 5.41) is 24.2. The Bertz CT molecular complexity index is 793. The molecular weight excluding hydrogens is 354 g/mol. The van der Waals surface area contributed by atoms with Gasteiger partial charge in [0, 0.05) is 12.6 Å². The maximum atomic E-state index is 9.26. The van der Waals surface area contributed by atoms with Gasteiger partial charge in [-0.3, -0.25) is 0 Å². The van der Waals surface area contributed by atoms with Crippen molar-refractivity contribution in [1.82, 2.24) is 25.5 Å². The average Bonchev–Trinajstić information content (AvgIpc) is 3.12. The fraction of sp³-hybridized carbons (Fsp3) is 0.278. The van der Waals surface area contributed by atoms with Crippen LogP contribution in [0.4, 0.5) is 0 Å². The van der Waals surface area contributed by atoms with Gasteiger partial charge in [0.25, 0.3) is 0 Å². The lowest BCUT2D eigenvalue weighted by Gasteiger charge is -2.14. The summed E-state index contributed by atoms with van der Waals surface area (Å²) in [6.07, 6.45) is 0.874. The Morgan fingerprint density at radius 2 is 1.96 bits per heavy atom. The van der Waals surface area contributed by atoms with Gasteiger partial charge in [-0.2, -0.15) is 4.68 Å². The molecule has 1 atom stereocenters. The molecule has 0 bridgehead atoms. The van der Waals surface area contributed by atoms with Gasteiger partial charge in [0.05, 0.1) is 12.3 Å². The van der Waals surface area contributed by atoms with E-state index in [1.165, 1.54) is 0 Å². The van der Waals surface area contributed by atoms with E-state index in [9.17, 15) is 5.11 Å². The second-order valence-corrected chi connectivity index (χ2v) is 5.63. The van der Waals surface area contributed by atoms with Crippen LogP contribution in [0.15, 0.2) is 54.6 Å². The van der Waals surface area contributed by atoms with Crippen LogP contribution in [0.5, 0.6) is 11.8 Å². The summed E-state index contributed by atoms with van der Waals surface area (Å²) in [6, 6.07) is 17.7. The molecule has 0 saturated carbocycles. The van der Waals surface area contributed by atoms with Gasteiger partial charge in [0.15, 0.2) is 0 Å². The number of para-hydroxylation sites is 1. The second-order valence-electron chi connectivity index (χ2n) is 5.63. The van der Waals surface area contributed by atoms with Crippen LogP contribution in [0.25, 0.3) is 5.69 Å². The molecule has 3 rings (SSSR count).